The van der Waals surface area contributed by atoms with Gasteiger partial charge >= 0.3 is 11.9 Å². The number of ether oxygens (including phenoxy) is 2. The molecule has 0 N–H and O–H groups in total. The minimum absolute atomic E-state index is 0.238. The van der Waals surface area contributed by atoms with Gasteiger partial charge in [0.25, 0.3) is 0 Å². The molecular formula is C23H20O5. The molecule has 5 heteroatoms. The molecule has 1 fully saturated rings. The van der Waals surface area contributed by atoms with Crippen molar-refractivity contribution >= 4 is 11.9 Å². The lowest BCUT2D eigenvalue weighted by Crippen LogP contribution is -2.33. The summed E-state index contributed by atoms with van der Waals surface area (Å²) in [7, 11) is 2.67. The summed E-state index contributed by atoms with van der Waals surface area (Å²) < 4.78 is 15.5. The second kappa shape index (κ2) is 6.68. The van der Waals surface area contributed by atoms with Crippen molar-refractivity contribution in [2.75, 3.05) is 14.2 Å². The minimum atomic E-state index is -1.08. The van der Waals surface area contributed by atoms with E-state index in [1.54, 1.807) is 0 Å². The summed E-state index contributed by atoms with van der Waals surface area (Å²) in [5.74, 6) is -0.958. The van der Waals surface area contributed by atoms with E-state index in [0.717, 1.165) is 11.1 Å². The van der Waals surface area contributed by atoms with Gasteiger partial charge in [-0.3, -0.25) is 4.79 Å². The van der Waals surface area contributed by atoms with E-state index >= 15 is 0 Å². The molecular weight excluding hydrogens is 356 g/mol. The zero-order valence-corrected chi connectivity index (χ0v) is 15.7. The van der Waals surface area contributed by atoms with E-state index in [1.807, 2.05) is 60.7 Å². The van der Waals surface area contributed by atoms with Crippen molar-refractivity contribution in [3.63, 3.8) is 0 Å². The zero-order chi connectivity index (χ0) is 19.8. The van der Waals surface area contributed by atoms with Gasteiger partial charge < -0.3 is 13.9 Å². The van der Waals surface area contributed by atoms with E-state index < -0.39 is 22.8 Å². The fourth-order valence-corrected chi connectivity index (χ4v) is 4.41. The maximum absolute atomic E-state index is 13.2. The van der Waals surface area contributed by atoms with Gasteiger partial charge in [-0.1, -0.05) is 60.7 Å². The highest BCUT2D eigenvalue weighted by molar-refractivity contribution is 5.99. The molecule has 2 aromatic carbocycles. The van der Waals surface area contributed by atoms with Crippen molar-refractivity contribution in [1.29, 1.82) is 0 Å². The molecule has 1 saturated carbocycles. The third-order valence-electron chi connectivity index (χ3n) is 5.73. The van der Waals surface area contributed by atoms with E-state index in [0.29, 0.717) is 12.0 Å². The van der Waals surface area contributed by atoms with Crippen LogP contribution >= 0.6 is 0 Å². The molecule has 0 bridgehead atoms. The molecule has 1 atom stereocenters. The smallest absolute Gasteiger partial charge is 0.341 e. The fraction of sp³-hybridized carbons (Fsp3) is 0.217. The summed E-state index contributed by atoms with van der Waals surface area (Å²) in [4.78, 5) is 25.5. The maximum Gasteiger partial charge on any atom is 0.341 e. The molecule has 0 aliphatic heterocycles. The normalized spacial score (nSPS) is 19.6. The summed E-state index contributed by atoms with van der Waals surface area (Å²) in [6, 6.07) is 19.6. The Balaban J connectivity index is 2.00. The molecule has 3 aromatic rings. The number of carbonyl (C=O) groups excluding carboxylic acids is 2. The van der Waals surface area contributed by atoms with Gasteiger partial charge in [0.1, 0.15) is 17.2 Å². The molecule has 142 valence electrons. The van der Waals surface area contributed by atoms with Crippen molar-refractivity contribution in [1.82, 2.24) is 0 Å². The summed E-state index contributed by atoms with van der Waals surface area (Å²) in [5, 5.41) is 0. The molecule has 1 aliphatic rings. The van der Waals surface area contributed by atoms with Crippen LogP contribution in [0.25, 0.3) is 0 Å². The number of benzene rings is 2. The highest BCUT2D eigenvalue weighted by Crippen LogP contribution is 2.70. The number of rotatable bonds is 5. The second-order valence-electron chi connectivity index (χ2n) is 6.90. The van der Waals surface area contributed by atoms with Crippen LogP contribution in [0.15, 0.2) is 77.6 Å². The monoisotopic (exact) mass is 376 g/mol. The number of hydrogen-bond acceptors (Lipinski definition) is 5. The summed E-state index contributed by atoms with van der Waals surface area (Å²) in [6.45, 7) is 0. The van der Waals surface area contributed by atoms with Crippen LogP contribution in [0.1, 0.15) is 33.5 Å². The quantitative estimate of drug-likeness (QED) is 0.633. The van der Waals surface area contributed by atoms with E-state index in [2.05, 4.69) is 0 Å². The Morgan fingerprint density at radius 3 is 1.93 bits per heavy atom. The van der Waals surface area contributed by atoms with Gasteiger partial charge in [0, 0.05) is 11.0 Å². The van der Waals surface area contributed by atoms with Gasteiger partial charge in [-0.2, -0.15) is 0 Å². The Bertz CT molecular complexity index is 966. The highest BCUT2D eigenvalue weighted by Gasteiger charge is 2.76. The lowest BCUT2D eigenvalue weighted by atomic mass is 9.77. The van der Waals surface area contributed by atoms with Crippen molar-refractivity contribution in [2.24, 2.45) is 0 Å². The van der Waals surface area contributed by atoms with Crippen LogP contribution in [0.2, 0.25) is 0 Å². The third-order valence-corrected chi connectivity index (χ3v) is 5.73. The van der Waals surface area contributed by atoms with Gasteiger partial charge in [-0.25, -0.2) is 4.79 Å². The van der Waals surface area contributed by atoms with Crippen LogP contribution in [-0.2, 0) is 25.1 Å². The van der Waals surface area contributed by atoms with Gasteiger partial charge in [0.15, 0.2) is 0 Å². The van der Waals surface area contributed by atoms with Crippen LogP contribution in [0, 0.1) is 0 Å². The Hall–Kier alpha value is -3.34. The predicted octanol–water partition coefficient (Wildman–Crippen LogP) is 3.87. The first-order chi connectivity index (χ1) is 13.6. The largest absolute Gasteiger partial charge is 0.471 e. The van der Waals surface area contributed by atoms with E-state index in [4.69, 9.17) is 13.9 Å². The van der Waals surface area contributed by atoms with E-state index in [-0.39, 0.29) is 5.56 Å². The molecule has 4 rings (SSSR count). The average Bonchev–Trinajstić information content (AvgIpc) is 3.24. The van der Waals surface area contributed by atoms with Crippen molar-refractivity contribution in [2.45, 2.75) is 17.3 Å². The standard InChI is InChI=1S/C23H20O5/c1-26-20(24)18-13-28-14-19(18)23(21(25)27-2)15-22(23,16-9-5-3-6-10-16)17-11-7-4-8-12-17/h3-14H,15H2,1-2H3/t23-/m1/s1. The van der Waals surface area contributed by atoms with Gasteiger partial charge in [-0.05, 0) is 17.5 Å². The molecule has 1 aromatic heterocycles. The first kappa shape index (κ1) is 18.0. The van der Waals surface area contributed by atoms with Crippen molar-refractivity contribution in [3.8, 4) is 0 Å². The zero-order valence-electron chi connectivity index (χ0n) is 15.7. The lowest BCUT2D eigenvalue weighted by Gasteiger charge is -2.25. The van der Waals surface area contributed by atoms with Gasteiger partial charge in [0.05, 0.1) is 20.5 Å². The molecule has 0 spiro atoms. The van der Waals surface area contributed by atoms with Crippen LogP contribution < -0.4 is 0 Å². The van der Waals surface area contributed by atoms with Crippen LogP contribution in [-0.4, -0.2) is 26.2 Å². The van der Waals surface area contributed by atoms with Crippen LogP contribution in [0.4, 0.5) is 0 Å². The lowest BCUT2D eigenvalue weighted by molar-refractivity contribution is -0.144. The number of furan rings is 1. The SMILES string of the molecule is COC(=O)c1cocc1[C@@]1(C(=O)OC)CC1(c1ccccc1)c1ccccc1. The molecule has 28 heavy (non-hydrogen) atoms. The Morgan fingerprint density at radius 2 is 1.43 bits per heavy atom. The minimum Gasteiger partial charge on any atom is -0.471 e. The summed E-state index contributed by atoms with van der Waals surface area (Å²) in [6.07, 6.45) is 3.24. The molecule has 0 unspecified atom stereocenters. The number of methoxy groups -OCH3 is 2. The van der Waals surface area contributed by atoms with Crippen LogP contribution in [0.3, 0.4) is 0 Å². The van der Waals surface area contributed by atoms with E-state index in [9.17, 15) is 9.59 Å². The average molecular weight is 376 g/mol. The highest BCUT2D eigenvalue weighted by atomic mass is 16.5. The maximum atomic E-state index is 13.2. The molecule has 0 amide bonds. The molecule has 1 aliphatic carbocycles. The Morgan fingerprint density at radius 1 is 0.857 bits per heavy atom. The van der Waals surface area contributed by atoms with Crippen molar-refractivity contribution in [3.05, 3.63) is 95.4 Å². The summed E-state index contributed by atoms with van der Waals surface area (Å²) in [5.41, 5.74) is 0.920. The number of hydrogen-bond donors (Lipinski definition) is 0. The topological polar surface area (TPSA) is 65.7 Å². The Kier molecular flexibility index (Phi) is 4.30. The van der Waals surface area contributed by atoms with Crippen LogP contribution in [0.5, 0.6) is 0 Å². The fourth-order valence-electron chi connectivity index (χ4n) is 4.41. The molecule has 1 heterocycles. The predicted molar refractivity (Wildman–Crippen MR) is 102 cm³/mol. The number of esters is 2. The van der Waals surface area contributed by atoms with Gasteiger partial charge in [-0.15, -0.1) is 0 Å². The second-order valence-corrected chi connectivity index (χ2v) is 6.90. The summed E-state index contributed by atoms with van der Waals surface area (Å²) >= 11 is 0. The van der Waals surface area contributed by atoms with E-state index in [1.165, 1.54) is 26.7 Å². The first-order valence-corrected chi connectivity index (χ1v) is 8.96. The Labute approximate surface area is 162 Å². The third kappa shape index (κ3) is 2.32. The van der Waals surface area contributed by atoms with Gasteiger partial charge in [0.2, 0.25) is 0 Å². The molecule has 0 saturated heterocycles. The molecule has 0 radical (unpaired) electrons. The first-order valence-electron chi connectivity index (χ1n) is 8.96. The number of carbonyl (C=O) groups is 2. The van der Waals surface area contributed by atoms with Crippen molar-refractivity contribution < 1.29 is 23.5 Å². The molecule has 5 nitrogen and oxygen atoms in total.